The van der Waals surface area contributed by atoms with Gasteiger partial charge in [0.15, 0.2) is 0 Å². The van der Waals surface area contributed by atoms with Crippen molar-refractivity contribution in [2.75, 3.05) is 13.1 Å². The van der Waals surface area contributed by atoms with Gasteiger partial charge in [-0.15, -0.1) is 0 Å². The quantitative estimate of drug-likeness (QED) is 0.807. The van der Waals surface area contributed by atoms with Gasteiger partial charge < -0.3 is 15.2 Å². The summed E-state index contributed by atoms with van der Waals surface area (Å²) in [5.41, 5.74) is 1.95. The predicted octanol–water partition coefficient (Wildman–Crippen LogP) is 0.728. The molecule has 1 aliphatic heterocycles. The van der Waals surface area contributed by atoms with E-state index in [4.69, 9.17) is 0 Å². The molecule has 0 aromatic carbocycles. The van der Waals surface area contributed by atoms with E-state index >= 15 is 0 Å². The van der Waals surface area contributed by atoms with Crippen molar-refractivity contribution in [3.8, 4) is 0 Å². The number of hydrogen-bond donors (Lipinski definition) is 2. The molecule has 2 amide bonds. The van der Waals surface area contributed by atoms with Gasteiger partial charge in [0.05, 0.1) is 18.4 Å². The van der Waals surface area contributed by atoms with Crippen LogP contribution in [0.2, 0.25) is 0 Å². The second kappa shape index (κ2) is 7.50. The Labute approximate surface area is 146 Å². The van der Waals surface area contributed by atoms with Crippen molar-refractivity contribution in [2.24, 2.45) is 7.05 Å². The molecule has 0 bridgehead atoms. The molecule has 1 atom stereocenters. The summed E-state index contributed by atoms with van der Waals surface area (Å²) in [6, 6.07) is 1.94. The first-order valence-corrected chi connectivity index (χ1v) is 8.56. The second-order valence-electron chi connectivity index (χ2n) is 6.47. The molecule has 25 heavy (non-hydrogen) atoms. The van der Waals surface area contributed by atoms with E-state index < -0.39 is 0 Å². The van der Waals surface area contributed by atoms with Crippen LogP contribution in [-0.2, 0) is 29.6 Å². The van der Waals surface area contributed by atoms with Gasteiger partial charge in [-0.25, -0.2) is 4.98 Å². The van der Waals surface area contributed by atoms with Gasteiger partial charge in [-0.1, -0.05) is 0 Å². The Hall–Kier alpha value is -2.64. The fourth-order valence-electron chi connectivity index (χ4n) is 3.14. The maximum absolute atomic E-state index is 12.4. The van der Waals surface area contributed by atoms with Crippen molar-refractivity contribution in [3.63, 3.8) is 0 Å². The van der Waals surface area contributed by atoms with E-state index in [1.54, 1.807) is 17.1 Å². The number of likely N-dealkylation sites (tertiary alicyclic amines) is 1. The van der Waals surface area contributed by atoms with Crippen molar-refractivity contribution in [2.45, 2.75) is 38.6 Å². The minimum atomic E-state index is -0.0674. The summed E-state index contributed by atoms with van der Waals surface area (Å²) in [4.78, 5) is 33.0. The van der Waals surface area contributed by atoms with Gasteiger partial charge in [-0.3, -0.25) is 14.3 Å². The first-order valence-electron chi connectivity index (χ1n) is 8.56. The number of nitrogens with one attached hydrogen (secondary N) is 2. The molecule has 3 rings (SSSR count). The van der Waals surface area contributed by atoms with Crippen LogP contribution < -0.4 is 5.32 Å². The number of rotatable bonds is 6. The average Bonchev–Trinajstić information content (AvgIpc) is 3.31. The van der Waals surface area contributed by atoms with Crippen LogP contribution in [0.1, 0.15) is 42.9 Å². The van der Waals surface area contributed by atoms with E-state index in [9.17, 15) is 9.59 Å². The van der Waals surface area contributed by atoms with E-state index in [1.807, 2.05) is 18.0 Å². The highest BCUT2D eigenvalue weighted by molar-refractivity contribution is 5.76. The Morgan fingerprint density at radius 3 is 3.00 bits per heavy atom. The van der Waals surface area contributed by atoms with E-state index in [2.05, 4.69) is 20.4 Å². The molecule has 1 aliphatic rings. The van der Waals surface area contributed by atoms with Crippen LogP contribution >= 0.6 is 0 Å². The minimum Gasteiger partial charge on any atom is -0.351 e. The maximum Gasteiger partial charge on any atom is 0.222 e. The molecule has 8 heteroatoms. The highest BCUT2D eigenvalue weighted by Gasteiger charge is 2.28. The molecule has 2 aromatic heterocycles. The minimum absolute atomic E-state index is 0.0674. The zero-order valence-electron chi connectivity index (χ0n) is 14.7. The van der Waals surface area contributed by atoms with Gasteiger partial charge in [0.25, 0.3) is 0 Å². The van der Waals surface area contributed by atoms with Crippen LogP contribution in [0, 0.1) is 0 Å². The lowest BCUT2D eigenvalue weighted by Gasteiger charge is -2.16. The Balaban J connectivity index is 1.50. The fraction of sp³-hybridized carbons (Fsp3) is 0.529. The molecular formula is C17H24N6O2. The number of amides is 2. The van der Waals surface area contributed by atoms with Gasteiger partial charge in [0.2, 0.25) is 11.8 Å². The van der Waals surface area contributed by atoms with Crippen molar-refractivity contribution in [3.05, 3.63) is 35.7 Å². The number of aromatic nitrogens is 4. The zero-order chi connectivity index (χ0) is 17.8. The monoisotopic (exact) mass is 344 g/mol. The number of aryl methyl sites for hydroxylation is 2. The van der Waals surface area contributed by atoms with E-state index in [-0.39, 0.29) is 17.7 Å². The second-order valence-corrected chi connectivity index (χ2v) is 6.47. The number of hydrogen-bond acceptors (Lipinski definition) is 4. The molecule has 134 valence electrons. The van der Waals surface area contributed by atoms with Gasteiger partial charge >= 0.3 is 0 Å². The lowest BCUT2D eigenvalue weighted by atomic mass is 10.1. The Kier molecular flexibility index (Phi) is 5.16. The Bertz CT molecular complexity index is 750. The van der Waals surface area contributed by atoms with Crippen LogP contribution in [-0.4, -0.2) is 49.6 Å². The smallest absolute Gasteiger partial charge is 0.222 e. The van der Waals surface area contributed by atoms with Gasteiger partial charge in [0.1, 0.15) is 5.82 Å². The fourth-order valence-corrected chi connectivity index (χ4v) is 3.14. The molecule has 8 nitrogen and oxygen atoms in total. The molecule has 0 aliphatic carbocycles. The molecule has 2 N–H and O–H groups in total. The summed E-state index contributed by atoms with van der Waals surface area (Å²) in [6.45, 7) is 3.39. The SMILES string of the molecule is CC(=O)NCc1cnc(C2CCN(C(=O)CCc3ccnn3C)C2)[nH]1. The third-order valence-corrected chi connectivity index (χ3v) is 4.62. The molecule has 1 saturated heterocycles. The number of carbonyl (C=O) groups excluding carboxylic acids is 2. The van der Waals surface area contributed by atoms with Crippen LogP contribution in [0.5, 0.6) is 0 Å². The molecule has 1 fully saturated rings. The number of carbonyl (C=O) groups is 2. The van der Waals surface area contributed by atoms with E-state index in [0.717, 1.165) is 30.2 Å². The summed E-state index contributed by atoms with van der Waals surface area (Å²) in [6.07, 6.45) is 5.61. The molecule has 0 saturated carbocycles. The van der Waals surface area contributed by atoms with Crippen LogP contribution in [0.4, 0.5) is 0 Å². The Morgan fingerprint density at radius 2 is 2.28 bits per heavy atom. The summed E-state index contributed by atoms with van der Waals surface area (Å²) in [5.74, 6) is 1.23. The lowest BCUT2D eigenvalue weighted by Crippen LogP contribution is -2.28. The molecule has 2 aromatic rings. The summed E-state index contributed by atoms with van der Waals surface area (Å²) >= 11 is 0. The van der Waals surface area contributed by atoms with Crippen molar-refractivity contribution in [1.29, 1.82) is 0 Å². The maximum atomic E-state index is 12.4. The van der Waals surface area contributed by atoms with Gasteiger partial charge in [-0.05, 0) is 18.9 Å². The van der Waals surface area contributed by atoms with Crippen LogP contribution in [0.15, 0.2) is 18.5 Å². The standard InChI is InChI=1S/C17H24N6O2/c1-12(24)18-9-14-10-19-17(21-14)13-6-8-23(11-13)16(25)4-3-15-5-7-20-22(15)2/h5,7,10,13H,3-4,6,8-9,11H2,1-2H3,(H,18,24)(H,19,21). The van der Waals surface area contributed by atoms with Crippen molar-refractivity contribution >= 4 is 11.8 Å². The van der Waals surface area contributed by atoms with Gasteiger partial charge in [-0.2, -0.15) is 5.10 Å². The average molecular weight is 344 g/mol. The van der Waals surface area contributed by atoms with Crippen molar-refractivity contribution < 1.29 is 9.59 Å². The predicted molar refractivity (Wildman–Crippen MR) is 91.6 cm³/mol. The normalized spacial score (nSPS) is 17.0. The molecule has 0 spiro atoms. The summed E-state index contributed by atoms with van der Waals surface area (Å²) in [5, 5.41) is 6.87. The summed E-state index contributed by atoms with van der Waals surface area (Å²) < 4.78 is 1.81. The lowest BCUT2D eigenvalue weighted by molar-refractivity contribution is -0.130. The van der Waals surface area contributed by atoms with Crippen LogP contribution in [0.25, 0.3) is 0 Å². The van der Waals surface area contributed by atoms with Gasteiger partial charge in [0, 0.05) is 51.3 Å². The number of imidazole rings is 1. The number of aromatic amines is 1. The topological polar surface area (TPSA) is 95.9 Å². The molecule has 0 radical (unpaired) electrons. The molecular weight excluding hydrogens is 320 g/mol. The number of nitrogens with zero attached hydrogens (tertiary/aromatic N) is 4. The molecule has 1 unspecified atom stereocenters. The van der Waals surface area contributed by atoms with E-state index in [0.29, 0.717) is 25.9 Å². The van der Waals surface area contributed by atoms with Crippen molar-refractivity contribution in [1.82, 2.24) is 30.0 Å². The summed E-state index contributed by atoms with van der Waals surface area (Å²) in [7, 11) is 1.89. The number of H-pyrrole nitrogens is 1. The highest BCUT2D eigenvalue weighted by atomic mass is 16.2. The largest absolute Gasteiger partial charge is 0.351 e. The third-order valence-electron chi connectivity index (χ3n) is 4.62. The first kappa shape index (κ1) is 17.2. The zero-order valence-corrected chi connectivity index (χ0v) is 14.7. The van der Waals surface area contributed by atoms with Crippen LogP contribution in [0.3, 0.4) is 0 Å². The Morgan fingerprint density at radius 1 is 1.44 bits per heavy atom. The van der Waals surface area contributed by atoms with E-state index in [1.165, 1.54) is 6.92 Å². The highest BCUT2D eigenvalue weighted by Crippen LogP contribution is 2.25. The molecule has 3 heterocycles. The first-order chi connectivity index (χ1) is 12.0. The third kappa shape index (κ3) is 4.26.